The number of hydrogen-bond acceptors (Lipinski definition) is 7. The van der Waals surface area contributed by atoms with Gasteiger partial charge in [0.15, 0.2) is 11.5 Å². The summed E-state index contributed by atoms with van der Waals surface area (Å²) in [6.45, 7) is 0.0257. The molecule has 8 nitrogen and oxygen atoms in total. The minimum atomic E-state index is -0.843. The van der Waals surface area contributed by atoms with Crippen molar-refractivity contribution in [1.82, 2.24) is 5.43 Å². The second kappa shape index (κ2) is 11.3. The first kappa shape index (κ1) is 23.3. The first-order chi connectivity index (χ1) is 16.0. The van der Waals surface area contributed by atoms with E-state index in [2.05, 4.69) is 15.8 Å². The van der Waals surface area contributed by atoms with Crippen LogP contribution in [0, 0.1) is 5.82 Å². The van der Waals surface area contributed by atoms with Crippen molar-refractivity contribution in [2.45, 2.75) is 0 Å². The molecule has 0 saturated carbocycles. The van der Waals surface area contributed by atoms with Gasteiger partial charge in [0.25, 0.3) is 5.91 Å². The molecule has 2 N–H and O–H groups in total. The van der Waals surface area contributed by atoms with Gasteiger partial charge in [-0.2, -0.15) is 5.10 Å². The van der Waals surface area contributed by atoms with E-state index in [9.17, 15) is 14.0 Å². The molecule has 0 aliphatic rings. The summed E-state index contributed by atoms with van der Waals surface area (Å²) in [7, 11) is 2.98. The predicted octanol–water partition coefficient (Wildman–Crippen LogP) is 3.62. The molecule has 0 unspecified atom stereocenters. The number of anilines is 1. The highest BCUT2D eigenvalue weighted by atomic mass is 19.1. The second-order valence-corrected chi connectivity index (χ2v) is 6.65. The van der Waals surface area contributed by atoms with Gasteiger partial charge in [-0.05, 0) is 60.2 Å². The van der Waals surface area contributed by atoms with E-state index in [1.807, 2.05) is 0 Å². The molecule has 3 rings (SSSR count). The Morgan fingerprint density at radius 2 is 1.73 bits per heavy atom. The largest absolute Gasteiger partial charge is 0.497 e. The highest BCUT2D eigenvalue weighted by Crippen LogP contribution is 2.28. The van der Waals surface area contributed by atoms with Crippen molar-refractivity contribution in [1.29, 1.82) is 0 Å². The van der Waals surface area contributed by atoms with Crippen LogP contribution in [0.2, 0.25) is 0 Å². The number of methoxy groups -OCH3 is 2. The average molecular weight is 451 g/mol. The summed E-state index contributed by atoms with van der Waals surface area (Å²) in [4.78, 5) is 24.2. The molecule has 1 amide bonds. The molecule has 9 heteroatoms. The van der Waals surface area contributed by atoms with Gasteiger partial charge in [0.05, 0.1) is 32.5 Å². The fourth-order valence-electron chi connectivity index (χ4n) is 2.74. The number of esters is 1. The van der Waals surface area contributed by atoms with Crippen molar-refractivity contribution in [2.75, 3.05) is 26.1 Å². The lowest BCUT2D eigenvalue weighted by molar-refractivity contribution is -0.119. The van der Waals surface area contributed by atoms with Crippen LogP contribution in [0.3, 0.4) is 0 Å². The molecule has 0 aromatic heterocycles. The maximum absolute atomic E-state index is 13.8. The monoisotopic (exact) mass is 451 g/mol. The molecule has 0 heterocycles. The molecular weight excluding hydrogens is 429 g/mol. The normalized spacial score (nSPS) is 10.5. The van der Waals surface area contributed by atoms with Crippen LogP contribution >= 0.6 is 0 Å². The number of amides is 1. The standard InChI is InChI=1S/C24H22FN3O5/c1-31-18-10-8-17(9-11-18)26-15-23(29)28-27-14-16-7-12-21(22(13-16)32-2)33-24(30)19-5-3-4-6-20(19)25/h3-14,26H,15H2,1-2H3,(H,28,29)/b27-14+. The molecule has 0 aliphatic carbocycles. The predicted molar refractivity (Wildman–Crippen MR) is 122 cm³/mol. The third-order valence-corrected chi connectivity index (χ3v) is 4.43. The fraction of sp³-hybridized carbons (Fsp3) is 0.125. The van der Waals surface area contributed by atoms with Crippen molar-refractivity contribution >= 4 is 23.8 Å². The number of halogens is 1. The van der Waals surface area contributed by atoms with E-state index in [0.29, 0.717) is 5.56 Å². The summed E-state index contributed by atoms with van der Waals surface area (Å²) in [5.41, 5.74) is 3.58. The quantitative estimate of drug-likeness (QED) is 0.223. The maximum atomic E-state index is 13.8. The van der Waals surface area contributed by atoms with Gasteiger partial charge in [0.1, 0.15) is 11.6 Å². The summed E-state index contributed by atoms with van der Waals surface area (Å²) >= 11 is 0. The van der Waals surface area contributed by atoms with Gasteiger partial charge in [0.2, 0.25) is 0 Å². The van der Waals surface area contributed by atoms with Crippen LogP contribution in [0.15, 0.2) is 71.8 Å². The van der Waals surface area contributed by atoms with Crippen LogP contribution in [-0.4, -0.2) is 38.9 Å². The number of hydrazone groups is 1. The molecule has 0 aliphatic heterocycles. The lowest BCUT2D eigenvalue weighted by Gasteiger charge is -2.10. The third kappa shape index (κ3) is 6.54. The van der Waals surface area contributed by atoms with Gasteiger partial charge >= 0.3 is 5.97 Å². The number of nitrogens with one attached hydrogen (secondary N) is 2. The molecule has 0 radical (unpaired) electrons. The van der Waals surface area contributed by atoms with E-state index in [1.165, 1.54) is 43.7 Å². The van der Waals surface area contributed by atoms with E-state index in [-0.39, 0.29) is 29.5 Å². The van der Waals surface area contributed by atoms with Crippen LogP contribution in [0.5, 0.6) is 17.2 Å². The first-order valence-electron chi connectivity index (χ1n) is 9.84. The van der Waals surface area contributed by atoms with Crippen molar-refractivity contribution in [3.63, 3.8) is 0 Å². The molecule has 0 spiro atoms. The second-order valence-electron chi connectivity index (χ2n) is 6.65. The Morgan fingerprint density at radius 1 is 0.970 bits per heavy atom. The number of benzene rings is 3. The molecule has 0 bridgehead atoms. The van der Waals surface area contributed by atoms with Crippen molar-refractivity contribution in [2.24, 2.45) is 5.10 Å². The van der Waals surface area contributed by atoms with E-state index in [4.69, 9.17) is 14.2 Å². The first-order valence-corrected chi connectivity index (χ1v) is 9.84. The van der Waals surface area contributed by atoms with Gasteiger partial charge in [-0.1, -0.05) is 12.1 Å². The van der Waals surface area contributed by atoms with E-state index < -0.39 is 11.8 Å². The molecule has 3 aromatic carbocycles. The van der Waals surface area contributed by atoms with Crippen LogP contribution in [0.4, 0.5) is 10.1 Å². The number of ether oxygens (including phenoxy) is 3. The van der Waals surface area contributed by atoms with Crippen LogP contribution in [0.1, 0.15) is 15.9 Å². The molecule has 170 valence electrons. The lowest BCUT2D eigenvalue weighted by atomic mass is 10.2. The van der Waals surface area contributed by atoms with Gasteiger partial charge in [-0.15, -0.1) is 0 Å². The highest BCUT2D eigenvalue weighted by Gasteiger charge is 2.16. The summed E-state index contributed by atoms with van der Waals surface area (Å²) in [5.74, 6) is -0.777. The van der Waals surface area contributed by atoms with E-state index in [1.54, 1.807) is 43.5 Å². The van der Waals surface area contributed by atoms with E-state index >= 15 is 0 Å². The Bertz CT molecular complexity index is 1150. The Kier molecular flexibility index (Phi) is 7.96. The average Bonchev–Trinajstić information content (AvgIpc) is 2.84. The molecule has 0 atom stereocenters. The summed E-state index contributed by atoms with van der Waals surface area (Å²) in [6.07, 6.45) is 1.41. The topological polar surface area (TPSA) is 98.3 Å². The Morgan fingerprint density at radius 3 is 2.42 bits per heavy atom. The third-order valence-electron chi connectivity index (χ3n) is 4.43. The van der Waals surface area contributed by atoms with Crippen molar-refractivity contribution in [3.05, 3.63) is 83.7 Å². The molecule has 33 heavy (non-hydrogen) atoms. The van der Waals surface area contributed by atoms with Crippen molar-refractivity contribution in [3.8, 4) is 17.2 Å². The minimum absolute atomic E-state index is 0.0257. The Labute approximate surface area is 190 Å². The number of nitrogens with zero attached hydrogens (tertiary/aromatic N) is 1. The Balaban J connectivity index is 1.55. The van der Waals surface area contributed by atoms with Gasteiger partial charge in [-0.25, -0.2) is 14.6 Å². The summed E-state index contributed by atoms with van der Waals surface area (Å²) in [5, 5.41) is 6.88. The SMILES string of the molecule is COc1ccc(NCC(=O)N/N=C/c2ccc(OC(=O)c3ccccc3F)c(OC)c2)cc1. The molecule has 0 fully saturated rings. The maximum Gasteiger partial charge on any atom is 0.346 e. The zero-order valence-electron chi connectivity index (χ0n) is 18.0. The highest BCUT2D eigenvalue weighted by molar-refractivity contribution is 5.92. The number of carbonyl (C=O) groups excluding carboxylic acids is 2. The smallest absolute Gasteiger partial charge is 0.346 e. The molecule has 0 saturated heterocycles. The molecule has 3 aromatic rings. The van der Waals surface area contributed by atoms with E-state index in [0.717, 1.165) is 11.4 Å². The van der Waals surface area contributed by atoms with Crippen LogP contribution < -0.4 is 25.0 Å². The van der Waals surface area contributed by atoms with Gasteiger partial charge in [0, 0.05) is 5.69 Å². The number of hydrogen-bond donors (Lipinski definition) is 2. The van der Waals surface area contributed by atoms with Gasteiger partial charge in [-0.3, -0.25) is 4.79 Å². The molecular formula is C24H22FN3O5. The number of carbonyl (C=O) groups is 2. The zero-order chi connectivity index (χ0) is 23.6. The summed E-state index contributed by atoms with van der Waals surface area (Å²) < 4.78 is 29.4. The number of rotatable bonds is 9. The van der Waals surface area contributed by atoms with Crippen LogP contribution in [-0.2, 0) is 4.79 Å². The fourth-order valence-corrected chi connectivity index (χ4v) is 2.74. The lowest BCUT2D eigenvalue weighted by Crippen LogP contribution is -2.25. The van der Waals surface area contributed by atoms with Gasteiger partial charge < -0.3 is 19.5 Å². The summed E-state index contributed by atoms with van der Waals surface area (Å²) in [6, 6.07) is 17.3. The van der Waals surface area contributed by atoms with Crippen molar-refractivity contribution < 1.29 is 28.2 Å². The zero-order valence-corrected chi connectivity index (χ0v) is 18.0. The van der Waals surface area contributed by atoms with Crippen LogP contribution in [0.25, 0.3) is 0 Å². The minimum Gasteiger partial charge on any atom is -0.497 e. The Hall–Kier alpha value is -4.40.